The molecule has 31 heavy (non-hydrogen) atoms. The SMILES string of the molecule is CCOc1ccccc1NC(=O)CSc1nnc(C(C)Oc2cc(Cl)ccc2Cl)n1C. The van der Waals surface area contributed by atoms with Gasteiger partial charge in [0.25, 0.3) is 0 Å². The number of ether oxygens (including phenoxy) is 2. The molecule has 0 saturated carbocycles. The molecule has 0 bridgehead atoms. The van der Waals surface area contributed by atoms with Crippen molar-refractivity contribution >= 4 is 46.6 Å². The Morgan fingerprint density at radius 3 is 2.74 bits per heavy atom. The molecule has 1 aromatic heterocycles. The first-order valence-electron chi connectivity index (χ1n) is 9.54. The first-order chi connectivity index (χ1) is 14.9. The van der Waals surface area contributed by atoms with Crippen LogP contribution in [-0.2, 0) is 11.8 Å². The first kappa shape index (κ1) is 23.2. The third-order valence-electron chi connectivity index (χ3n) is 4.22. The van der Waals surface area contributed by atoms with Crippen LogP contribution in [0.4, 0.5) is 5.69 Å². The molecule has 1 unspecified atom stereocenters. The van der Waals surface area contributed by atoms with Gasteiger partial charge in [0.05, 0.1) is 23.1 Å². The van der Waals surface area contributed by atoms with Gasteiger partial charge in [-0.1, -0.05) is 47.1 Å². The normalized spacial score (nSPS) is 11.8. The average Bonchev–Trinajstić information content (AvgIpc) is 3.11. The van der Waals surface area contributed by atoms with Gasteiger partial charge in [0.1, 0.15) is 11.5 Å². The number of aromatic nitrogens is 3. The molecule has 0 aliphatic carbocycles. The van der Waals surface area contributed by atoms with Crippen molar-refractivity contribution in [2.45, 2.75) is 25.1 Å². The molecule has 2 aromatic carbocycles. The first-order valence-corrected chi connectivity index (χ1v) is 11.3. The molecule has 1 atom stereocenters. The van der Waals surface area contributed by atoms with Crippen molar-refractivity contribution in [3.63, 3.8) is 0 Å². The summed E-state index contributed by atoms with van der Waals surface area (Å²) < 4.78 is 13.2. The number of rotatable bonds is 9. The Labute approximate surface area is 195 Å². The number of amides is 1. The van der Waals surface area contributed by atoms with E-state index in [9.17, 15) is 4.79 Å². The molecular formula is C21H22Cl2N4O3S. The van der Waals surface area contributed by atoms with E-state index in [0.29, 0.717) is 44.8 Å². The van der Waals surface area contributed by atoms with Crippen molar-refractivity contribution in [1.29, 1.82) is 0 Å². The zero-order valence-electron chi connectivity index (χ0n) is 17.3. The number of hydrogen-bond donors (Lipinski definition) is 1. The summed E-state index contributed by atoms with van der Waals surface area (Å²) in [4.78, 5) is 12.4. The van der Waals surface area contributed by atoms with Crippen LogP contribution in [-0.4, -0.2) is 33.0 Å². The topological polar surface area (TPSA) is 78.3 Å². The number of nitrogens with one attached hydrogen (secondary N) is 1. The van der Waals surface area contributed by atoms with Crippen LogP contribution < -0.4 is 14.8 Å². The predicted molar refractivity (Wildman–Crippen MR) is 123 cm³/mol. The van der Waals surface area contributed by atoms with Crippen LogP contribution in [0.2, 0.25) is 10.0 Å². The Hall–Kier alpha value is -2.42. The second-order valence-electron chi connectivity index (χ2n) is 6.50. The van der Waals surface area contributed by atoms with E-state index in [4.69, 9.17) is 32.7 Å². The number of thioether (sulfide) groups is 1. The largest absolute Gasteiger partial charge is 0.492 e. The van der Waals surface area contributed by atoms with Crippen LogP contribution in [0, 0.1) is 0 Å². The molecular weight excluding hydrogens is 459 g/mol. The molecule has 3 aromatic rings. The van der Waals surface area contributed by atoms with E-state index in [-0.39, 0.29) is 11.7 Å². The van der Waals surface area contributed by atoms with Crippen molar-refractivity contribution in [2.75, 3.05) is 17.7 Å². The van der Waals surface area contributed by atoms with E-state index < -0.39 is 6.10 Å². The summed E-state index contributed by atoms with van der Waals surface area (Å²) in [5.74, 6) is 1.69. The molecule has 3 rings (SSSR count). The number of halogens is 2. The van der Waals surface area contributed by atoms with Crippen LogP contribution >= 0.6 is 35.0 Å². The van der Waals surface area contributed by atoms with Gasteiger partial charge in [-0.2, -0.15) is 0 Å². The minimum Gasteiger partial charge on any atom is -0.492 e. The minimum absolute atomic E-state index is 0.168. The van der Waals surface area contributed by atoms with Gasteiger partial charge in [0.2, 0.25) is 5.91 Å². The van der Waals surface area contributed by atoms with Crippen molar-refractivity contribution in [3.05, 3.63) is 58.3 Å². The fourth-order valence-electron chi connectivity index (χ4n) is 2.78. The Balaban J connectivity index is 1.61. The van der Waals surface area contributed by atoms with Gasteiger partial charge in [-0.25, -0.2) is 0 Å². The van der Waals surface area contributed by atoms with E-state index in [1.54, 1.807) is 28.8 Å². The summed E-state index contributed by atoms with van der Waals surface area (Å²) >= 11 is 13.5. The highest BCUT2D eigenvalue weighted by atomic mass is 35.5. The highest BCUT2D eigenvalue weighted by Gasteiger charge is 2.19. The number of nitrogens with zero attached hydrogens (tertiary/aromatic N) is 3. The monoisotopic (exact) mass is 480 g/mol. The molecule has 10 heteroatoms. The number of carbonyl (C=O) groups excluding carboxylic acids is 1. The molecule has 0 aliphatic heterocycles. The molecule has 0 aliphatic rings. The van der Waals surface area contributed by atoms with Gasteiger partial charge < -0.3 is 19.4 Å². The summed E-state index contributed by atoms with van der Waals surface area (Å²) in [7, 11) is 1.82. The Bertz CT molecular complexity index is 1060. The highest BCUT2D eigenvalue weighted by molar-refractivity contribution is 7.99. The van der Waals surface area contributed by atoms with Crippen LogP contribution in [0.1, 0.15) is 25.8 Å². The lowest BCUT2D eigenvalue weighted by Gasteiger charge is -2.15. The molecule has 0 saturated heterocycles. The van der Waals surface area contributed by atoms with Gasteiger partial charge >= 0.3 is 0 Å². The lowest BCUT2D eigenvalue weighted by molar-refractivity contribution is -0.113. The van der Waals surface area contributed by atoms with Gasteiger partial charge in [0, 0.05) is 18.1 Å². The summed E-state index contributed by atoms with van der Waals surface area (Å²) in [5, 5.41) is 12.8. The third-order valence-corrected chi connectivity index (χ3v) is 5.79. The predicted octanol–water partition coefficient (Wildman–Crippen LogP) is 5.39. The van der Waals surface area contributed by atoms with Crippen LogP contribution in [0.25, 0.3) is 0 Å². The van der Waals surface area contributed by atoms with E-state index >= 15 is 0 Å². The molecule has 7 nitrogen and oxygen atoms in total. The fraction of sp³-hybridized carbons (Fsp3) is 0.286. The minimum atomic E-state index is -0.422. The number of carbonyl (C=O) groups is 1. The van der Waals surface area contributed by atoms with E-state index in [1.807, 2.05) is 39.1 Å². The molecule has 1 heterocycles. The van der Waals surface area contributed by atoms with Crippen molar-refractivity contribution in [3.8, 4) is 11.5 Å². The lowest BCUT2D eigenvalue weighted by atomic mass is 10.3. The molecule has 1 N–H and O–H groups in total. The van der Waals surface area contributed by atoms with Gasteiger partial charge in [-0.15, -0.1) is 10.2 Å². The average molecular weight is 481 g/mol. The molecule has 1 amide bonds. The van der Waals surface area contributed by atoms with E-state index in [2.05, 4.69) is 15.5 Å². The maximum absolute atomic E-state index is 12.4. The fourth-order valence-corrected chi connectivity index (χ4v) is 3.83. The van der Waals surface area contributed by atoms with Crippen LogP contribution in [0.5, 0.6) is 11.5 Å². The third kappa shape index (κ3) is 6.06. The zero-order valence-corrected chi connectivity index (χ0v) is 19.6. The number of hydrogen-bond acceptors (Lipinski definition) is 6. The smallest absolute Gasteiger partial charge is 0.234 e. The number of anilines is 1. The maximum Gasteiger partial charge on any atom is 0.234 e. The van der Waals surface area contributed by atoms with Crippen molar-refractivity contribution in [1.82, 2.24) is 14.8 Å². The summed E-state index contributed by atoms with van der Waals surface area (Å²) in [6, 6.07) is 12.3. The van der Waals surface area contributed by atoms with Crippen molar-refractivity contribution in [2.24, 2.45) is 7.05 Å². The Morgan fingerprint density at radius 2 is 1.97 bits per heavy atom. The van der Waals surface area contributed by atoms with Crippen molar-refractivity contribution < 1.29 is 14.3 Å². The second kappa shape index (κ2) is 10.7. The molecule has 0 radical (unpaired) electrons. The van der Waals surface area contributed by atoms with Crippen LogP contribution in [0.15, 0.2) is 47.6 Å². The quantitative estimate of drug-likeness (QED) is 0.413. The Morgan fingerprint density at radius 1 is 1.19 bits per heavy atom. The number of benzene rings is 2. The zero-order chi connectivity index (χ0) is 22.4. The summed E-state index contributed by atoms with van der Waals surface area (Å²) in [5.41, 5.74) is 0.633. The van der Waals surface area contributed by atoms with E-state index in [0.717, 1.165) is 0 Å². The molecule has 164 valence electrons. The Kier molecular flexibility index (Phi) is 8.06. The molecule has 0 fully saturated rings. The summed E-state index contributed by atoms with van der Waals surface area (Å²) in [6.07, 6.45) is -0.422. The highest BCUT2D eigenvalue weighted by Crippen LogP contribution is 2.32. The second-order valence-corrected chi connectivity index (χ2v) is 8.29. The summed E-state index contributed by atoms with van der Waals surface area (Å²) in [6.45, 7) is 4.25. The van der Waals surface area contributed by atoms with Gasteiger partial charge in [0.15, 0.2) is 17.1 Å². The van der Waals surface area contributed by atoms with Gasteiger partial charge in [-0.3, -0.25) is 4.79 Å². The maximum atomic E-state index is 12.4. The van der Waals surface area contributed by atoms with E-state index in [1.165, 1.54) is 11.8 Å². The standard InChI is InChI=1S/C21H22Cl2N4O3S/c1-4-29-17-8-6-5-7-16(17)24-19(28)12-31-21-26-25-20(27(21)3)13(2)30-18-11-14(22)9-10-15(18)23/h5-11,13H,4,12H2,1-3H3,(H,24,28). The van der Waals surface area contributed by atoms with Crippen LogP contribution in [0.3, 0.4) is 0 Å². The lowest BCUT2D eigenvalue weighted by Crippen LogP contribution is -2.15. The van der Waals surface area contributed by atoms with Gasteiger partial charge in [-0.05, 0) is 38.1 Å². The molecule has 0 spiro atoms. The number of para-hydroxylation sites is 2.